The number of benzene rings is 1. The Labute approximate surface area is 139 Å². The lowest BCUT2D eigenvalue weighted by molar-refractivity contribution is -0.152. The summed E-state index contributed by atoms with van der Waals surface area (Å²) in [6.45, 7) is 9.06. The second-order valence-corrected chi connectivity index (χ2v) is 6.82. The van der Waals surface area contributed by atoms with Gasteiger partial charge in [-0.25, -0.2) is 0 Å². The topological polar surface area (TPSA) is 55.4 Å². The molecule has 1 atom stereocenters. The predicted molar refractivity (Wildman–Crippen MR) is 91.6 cm³/mol. The van der Waals surface area contributed by atoms with Crippen LogP contribution in [0.3, 0.4) is 0 Å². The molecule has 0 spiro atoms. The average Bonchev–Trinajstić information content (AvgIpc) is 2.50. The van der Waals surface area contributed by atoms with Crippen LogP contribution in [-0.2, 0) is 20.9 Å². The fourth-order valence-electron chi connectivity index (χ4n) is 2.29. The molecule has 4 nitrogen and oxygen atoms in total. The van der Waals surface area contributed by atoms with Gasteiger partial charge in [-0.05, 0) is 23.8 Å². The van der Waals surface area contributed by atoms with Crippen molar-refractivity contribution < 1.29 is 14.3 Å². The number of hydrogen-bond donors (Lipinski definition) is 1. The fraction of sp³-hybridized carbons (Fsp3) is 0.579. The molecule has 128 valence electrons. The molecule has 0 unspecified atom stereocenters. The van der Waals surface area contributed by atoms with E-state index in [9.17, 15) is 9.59 Å². The van der Waals surface area contributed by atoms with Gasteiger partial charge in [0.2, 0.25) is 5.91 Å². The first-order valence-electron chi connectivity index (χ1n) is 8.35. The maximum absolute atomic E-state index is 12.3. The number of amides is 1. The van der Waals surface area contributed by atoms with E-state index in [0.29, 0.717) is 24.8 Å². The number of esters is 1. The number of carbonyl (C=O) groups excluding carboxylic acids is 2. The van der Waals surface area contributed by atoms with Gasteiger partial charge in [0.25, 0.3) is 0 Å². The predicted octanol–water partition coefficient (Wildman–Crippen LogP) is 3.55. The van der Waals surface area contributed by atoms with Crippen molar-refractivity contribution in [2.24, 2.45) is 17.8 Å². The fourth-order valence-corrected chi connectivity index (χ4v) is 2.29. The van der Waals surface area contributed by atoms with E-state index < -0.39 is 0 Å². The first-order chi connectivity index (χ1) is 10.9. The quantitative estimate of drug-likeness (QED) is 0.708. The molecule has 0 aliphatic heterocycles. The normalized spacial score (nSPS) is 12.3. The largest absolute Gasteiger partial charge is 0.461 e. The zero-order valence-corrected chi connectivity index (χ0v) is 14.7. The third-order valence-electron chi connectivity index (χ3n) is 3.45. The molecule has 0 radical (unpaired) electrons. The molecule has 0 aromatic heterocycles. The molecule has 1 aromatic carbocycles. The highest BCUT2D eigenvalue weighted by Gasteiger charge is 2.24. The Morgan fingerprint density at radius 2 is 1.70 bits per heavy atom. The second kappa shape index (κ2) is 10.0. The Balaban J connectivity index is 2.54. The van der Waals surface area contributed by atoms with E-state index in [2.05, 4.69) is 5.32 Å². The van der Waals surface area contributed by atoms with Gasteiger partial charge in [0.05, 0.1) is 5.92 Å². The Kier molecular flexibility index (Phi) is 8.38. The van der Waals surface area contributed by atoms with Crippen LogP contribution in [0.15, 0.2) is 30.3 Å². The van der Waals surface area contributed by atoms with E-state index in [1.54, 1.807) is 0 Å². The van der Waals surface area contributed by atoms with E-state index in [-0.39, 0.29) is 30.8 Å². The number of rotatable bonds is 9. The molecule has 0 saturated carbocycles. The van der Waals surface area contributed by atoms with E-state index >= 15 is 0 Å². The van der Waals surface area contributed by atoms with Gasteiger partial charge < -0.3 is 10.1 Å². The van der Waals surface area contributed by atoms with Crippen LogP contribution in [0.5, 0.6) is 0 Å². The van der Waals surface area contributed by atoms with Crippen molar-refractivity contribution in [2.45, 2.75) is 47.1 Å². The van der Waals surface area contributed by atoms with E-state index in [1.165, 1.54) is 0 Å². The Morgan fingerprint density at radius 1 is 1.04 bits per heavy atom. The van der Waals surface area contributed by atoms with Crippen LogP contribution in [0.25, 0.3) is 0 Å². The summed E-state index contributed by atoms with van der Waals surface area (Å²) in [5.41, 5.74) is 0.952. The standard InChI is InChI=1S/C19H29NO3/c1-14(2)10-17(11-18(21)20-12-15(3)4)19(22)23-13-16-8-6-5-7-9-16/h5-9,14-15,17H,10-13H2,1-4H3,(H,20,21)/t17-/m1/s1. The maximum atomic E-state index is 12.3. The summed E-state index contributed by atoms with van der Waals surface area (Å²) in [6.07, 6.45) is 0.848. The van der Waals surface area contributed by atoms with Crippen molar-refractivity contribution in [1.29, 1.82) is 0 Å². The highest BCUT2D eigenvalue weighted by atomic mass is 16.5. The zero-order valence-electron chi connectivity index (χ0n) is 14.7. The summed E-state index contributed by atoms with van der Waals surface area (Å²) in [5, 5.41) is 2.87. The van der Waals surface area contributed by atoms with Gasteiger partial charge in [-0.2, -0.15) is 0 Å². The van der Waals surface area contributed by atoms with Crippen LogP contribution >= 0.6 is 0 Å². The minimum atomic E-state index is -0.383. The van der Waals surface area contributed by atoms with Crippen LogP contribution in [0.2, 0.25) is 0 Å². The number of carbonyl (C=O) groups is 2. The molecule has 1 amide bonds. The summed E-state index contributed by atoms with van der Waals surface area (Å²) in [7, 11) is 0. The lowest BCUT2D eigenvalue weighted by Crippen LogP contribution is -2.32. The highest BCUT2D eigenvalue weighted by molar-refractivity contribution is 5.83. The number of hydrogen-bond acceptors (Lipinski definition) is 3. The summed E-state index contributed by atoms with van der Waals surface area (Å²) in [6, 6.07) is 9.58. The molecule has 1 rings (SSSR count). The van der Waals surface area contributed by atoms with Crippen LogP contribution in [0.4, 0.5) is 0 Å². The van der Waals surface area contributed by atoms with Crippen molar-refractivity contribution in [3.63, 3.8) is 0 Å². The third-order valence-corrected chi connectivity index (χ3v) is 3.45. The molecule has 0 aliphatic carbocycles. The lowest BCUT2D eigenvalue weighted by Gasteiger charge is -2.18. The van der Waals surface area contributed by atoms with E-state index in [0.717, 1.165) is 5.56 Å². The van der Waals surface area contributed by atoms with Crippen molar-refractivity contribution in [2.75, 3.05) is 6.54 Å². The van der Waals surface area contributed by atoms with Gasteiger partial charge in [-0.3, -0.25) is 9.59 Å². The summed E-state index contributed by atoms with van der Waals surface area (Å²) >= 11 is 0. The van der Waals surface area contributed by atoms with E-state index in [1.807, 2.05) is 58.0 Å². The summed E-state index contributed by atoms with van der Waals surface area (Å²) < 4.78 is 5.40. The van der Waals surface area contributed by atoms with Gasteiger partial charge in [-0.15, -0.1) is 0 Å². The van der Waals surface area contributed by atoms with Crippen LogP contribution in [0, 0.1) is 17.8 Å². The summed E-state index contributed by atoms with van der Waals surface area (Å²) in [4.78, 5) is 24.3. The van der Waals surface area contributed by atoms with Crippen molar-refractivity contribution in [1.82, 2.24) is 5.32 Å². The van der Waals surface area contributed by atoms with Gasteiger partial charge in [-0.1, -0.05) is 58.0 Å². The first kappa shape index (κ1) is 19.2. The minimum Gasteiger partial charge on any atom is -0.461 e. The monoisotopic (exact) mass is 319 g/mol. The Bertz CT molecular complexity index is 483. The molecule has 0 fully saturated rings. The molecule has 0 bridgehead atoms. The summed E-state index contributed by atoms with van der Waals surface area (Å²) in [5.74, 6) is -0.0242. The van der Waals surface area contributed by atoms with Gasteiger partial charge in [0.15, 0.2) is 0 Å². The first-order valence-corrected chi connectivity index (χ1v) is 8.35. The zero-order chi connectivity index (χ0) is 17.2. The molecule has 1 N–H and O–H groups in total. The van der Waals surface area contributed by atoms with Crippen molar-refractivity contribution in [3.05, 3.63) is 35.9 Å². The van der Waals surface area contributed by atoms with E-state index in [4.69, 9.17) is 4.74 Å². The van der Waals surface area contributed by atoms with Crippen molar-refractivity contribution >= 4 is 11.9 Å². The van der Waals surface area contributed by atoms with Crippen LogP contribution < -0.4 is 5.32 Å². The average molecular weight is 319 g/mol. The Hall–Kier alpha value is -1.84. The smallest absolute Gasteiger partial charge is 0.309 e. The molecule has 0 saturated heterocycles. The minimum absolute atomic E-state index is 0.0824. The maximum Gasteiger partial charge on any atom is 0.309 e. The molecule has 0 aliphatic rings. The third kappa shape index (κ3) is 8.38. The second-order valence-electron chi connectivity index (χ2n) is 6.82. The SMILES string of the molecule is CC(C)CNC(=O)C[C@@H](CC(C)C)C(=O)OCc1ccccc1. The number of ether oxygens (including phenoxy) is 1. The number of nitrogens with one attached hydrogen (secondary N) is 1. The molecule has 4 heteroatoms. The highest BCUT2D eigenvalue weighted by Crippen LogP contribution is 2.18. The Morgan fingerprint density at radius 3 is 2.26 bits per heavy atom. The van der Waals surface area contributed by atoms with Gasteiger partial charge in [0.1, 0.15) is 6.61 Å². The molecular formula is C19H29NO3. The van der Waals surface area contributed by atoms with Crippen LogP contribution in [-0.4, -0.2) is 18.4 Å². The van der Waals surface area contributed by atoms with Gasteiger partial charge >= 0.3 is 5.97 Å². The molecular weight excluding hydrogens is 290 g/mol. The van der Waals surface area contributed by atoms with Gasteiger partial charge in [0, 0.05) is 13.0 Å². The molecule has 1 aromatic rings. The van der Waals surface area contributed by atoms with Crippen LogP contribution in [0.1, 0.15) is 46.1 Å². The molecule has 23 heavy (non-hydrogen) atoms. The lowest BCUT2D eigenvalue weighted by atomic mass is 9.94. The molecule has 0 heterocycles. The van der Waals surface area contributed by atoms with Crippen molar-refractivity contribution in [3.8, 4) is 0 Å².